The summed E-state index contributed by atoms with van der Waals surface area (Å²) in [6.07, 6.45) is -3.01. The van der Waals surface area contributed by atoms with Gasteiger partial charge in [-0.3, -0.25) is 4.57 Å². The van der Waals surface area contributed by atoms with Crippen molar-refractivity contribution in [3.05, 3.63) is 12.7 Å². The summed E-state index contributed by atoms with van der Waals surface area (Å²) >= 11 is 0. The standard InChI is InChI=1S/C10H11F2N5O3/c11-10(12)4(1-18)20-9(6(10)19)17-3-16-5-7(13)14-2-15-8(5)17/h2-4,6,9,18-19H,1H2,(H2,13,14,15)/t4-,6+,9-/m1/s1. The zero-order valence-electron chi connectivity index (χ0n) is 10.0. The maximum absolute atomic E-state index is 13.7. The monoisotopic (exact) mass is 287 g/mol. The first-order valence-electron chi connectivity index (χ1n) is 5.72. The van der Waals surface area contributed by atoms with Crippen LogP contribution in [-0.2, 0) is 4.74 Å². The van der Waals surface area contributed by atoms with Crippen LogP contribution in [0.1, 0.15) is 6.23 Å². The third-order valence-corrected chi connectivity index (χ3v) is 3.22. The molecule has 4 N–H and O–H groups in total. The Morgan fingerprint density at radius 1 is 1.40 bits per heavy atom. The fourth-order valence-electron chi connectivity index (χ4n) is 2.15. The first-order chi connectivity index (χ1) is 9.46. The Kier molecular flexibility index (Phi) is 2.81. The first kappa shape index (κ1) is 13.1. The Balaban J connectivity index is 2.06. The van der Waals surface area contributed by atoms with Crippen LogP contribution in [0.15, 0.2) is 12.7 Å². The van der Waals surface area contributed by atoms with Crippen molar-refractivity contribution in [2.45, 2.75) is 24.4 Å². The number of rotatable bonds is 2. The van der Waals surface area contributed by atoms with E-state index in [1.54, 1.807) is 0 Å². The molecule has 20 heavy (non-hydrogen) atoms. The molecule has 0 bridgehead atoms. The minimum atomic E-state index is -3.57. The number of imidazole rings is 1. The molecule has 0 saturated carbocycles. The molecule has 0 amide bonds. The molecule has 0 aromatic carbocycles. The molecule has 0 radical (unpaired) electrons. The van der Waals surface area contributed by atoms with E-state index in [1.807, 2.05) is 0 Å². The van der Waals surface area contributed by atoms with Crippen LogP contribution in [0, 0.1) is 0 Å². The number of halogens is 2. The number of aliphatic hydroxyl groups is 2. The molecule has 3 atom stereocenters. The molecule has 8 nitrogen and oxygen atoms in total. The van der Waals surface area contributed by atoms with Crippen molar-refractivity contribution in [2.24, 2.45) is 0 Å². The van der Waals surface area contributed by atoms with Gasteiger partial charge >= 0.3 is 5.92 Å². The summed E-state index contributed by atoms with van der Waals surface area (Å²) in [6, 6.07) is 0. The van der Waals surface area contributed by atoms with Crippen LogP contribution < -0.4 is 5.73 Å². The summed E-state index contributed by atoms with van der Waals surface area (Å²) in [5, 5.41) is 18.6. The molecule has 1 aliphatic rings. The number of hydrogen-bond donors (Lipinski definition) is 3. The number of alkyl halides is 2. The van der Waals surface area contributed by atoms with Crippen LogP contribution in [-0.4, -0.2) is 54.5 Å². The van der Waals surface area contributed by atoms with E-state index in [4.69, 9.17) is 15.6 Å². The van der Waals surface area contributed by atoms with Gasteiger partial charge in [0.2, 0.25) is 0 Å². The van der Waals surface area contributed by atoms with E-state index in [0.29, 0.717) is 0 Å². The van der Waals surface area contributed by atoms with Gasteiger partial charge in [0.05, 0.1) is 12.9 Å². The first-order valence-corrected chi connectivity index (χ1v) is 5.72. The van der Waals surface area contributed by atoms with E-state index in [9.17, 15) is 13.9 Å². The maximum atomic E-state index is 13.7. The van der Waals surface area contributed by atoms with Gasteiger partial charge in [0.25, 0.3) is 0 Å². The Bertz CT molecular complexity index is 649. The third kappa shape index (κ3) is 1.65. The average Bonchev–Trinajstić information content (AvgIpc) is 2.92. The van der Waals surface area contributed by atoms with Gasteiger partial charge in [-0.25, -0.2) is 23.7 Å². The second-order valence-corrected chi connectivity index (χ2v) is 4.40. The number of aromatic nitrogens is 4. The molecule has 1 fully saturated rings. The van der Waals surface area contributed by atoms with E-state index < -0.39 is 31.0 Å². The van der Waals surface area contributed by atoms with Gasteiger partial charge in [0, 0.05) is 0 Å². The fraction of sp³-hybridized carbons (Fsp3) is 0.500. The highest BCUT2D eigenvalue weighted by molar-refractivity contribution is 5.81. The van der Waals surface area contributed by atoms with Crippen molar-refractivity contribution in [1.29, 1.82) is 0 Å². The second kappa shape index (κ2) is 4.30. The molecule has 2 aromatic heterocycles. The number of nitrogens with two attached hydrogens (primary N) is 1. The van der Waals surface area contributed by atoms with Crippen molar-refractivity contribution >= 4 is 17.0 Å². The lowest BCUT2D eigenvalue weighted by atomic mass is 10.1. The van der Waals surface area contributed by atoms with Crippen LogP contribution in [0.5, 0.6) is 0 Å². The molecule has 0 aliphatic carbocycles. The third-order valence-electron chi connectivity index (χ3n) is 3.22. The van der Waals surface area contributed by atoms with Gasteiger partial charge in [0.15, 0.2) is 23.8 Å². The van der Waals surface area contributed by atoms with E-state index in [0.717, 1.165) is 10.9 Å². The SMILES string of the molecule is Nc1ncnc2c1ncn2[C@@H]1O[C@H](CO)C(F)(F)[C@H]1O. The van der Waals surface area contributed by atoms with Crippen LogP contribution in [0.2, 0.25) is 0 Å². The molecule has 108 valence electrons. The minimum Gasteiger partial charge on any atom is -0.393 e. The van der Waals surface area contributed by atoms with Crippen LogP contribution in [0.4, 0.5) is 14.6 Å². The number of anilines is 1. The zero-order valence-corrected chi connectivity index (χ0v) is 10.0. The molecule has 1 aliphatic heterocycles. The summed E-state index contributed by atoms with van der Waals surface area (Å²) in [7, 11) is 0. The highest BCUT2D eigenvalue weighted by Gasteiger charge is 2.59. The lowest BCUT2D eigenvalue weighted by Crippen LogP contribution is -2.40. The van der Waals surface area contributed by atoms with Crippen LogP contribution in [0.25, 0.3) is 11.2 Å². The van der Waals surface area contributed by atoms with Gasteiger partial charge in [-0.15, -0.1) is 0 Å². The van der Waals surface area contributed by atoms with Gasteiger partial charge in [-0.1, -0.05) is 0 Å². The van der Waals surface area contributed by atoms with Crippen molar-refractivity contribution < 1.29 is 23.7 Å². The molecule has 0 unspecified atom stereocenters. The summed E-state index contributed by atoms with van der Waals surface area (Å²) in [6.45, 7) is -0.912. The van der Waals surface area contributed by atoms with Gasteiger partial charge in [0.1, 0.15) is 17.9 Å². The molecule has 0 spiro atoms. The summed E-state index contributed by atoms with van der Waals surface area (Å²) < 4.78 is 33.5. The van der Waals surface area contributed by atoms with E-state index in [1.165, 1.54) is 6.33 Å². The second-order valence-electron chi connectivity index (χ2n) is 4.40. The topological polar surface area (TPSA) is 119 Å². The molecular weight excluding hydrogens is 276 g/mol. The smallest absolute Gasteiger partial charge is 0.305 e. The minimum absolute atomic E-state index is 0.0895. The molecule has 3 heterocycles. The lowest BCUT2D eigenvalue weighted by Gasteiger charge is -2.18. The fourth-order valence-corrected chi connectivity index (χ4v) is 2.15. The van der Waals surface area contributed by atoms with Crippen molar-refractivity contribution in [3.63, 3.8) is 0 Å². The van der Waals surface area contributed by atoms with Crippen molar-refractivity contribution in [3.8, 4) is 0 Å². The maximum Gasteiger partial charge on any atom is 0.305 e. The number of nitrogen functional groups attached to an aromatic ring is 1. The Hall–Kier alpha value is -1.91. The Labute approximate surface area is 110 Å². The molecule has 2 aromatic rings. The quantitative estimate of drug-likeness (QED) is 0.667. The highest BCUT2D eigenvalue weighted by atomic mass is 19.3. The molecule has 10 heteroatoms. The highest BCUT2D eigenvalue weighted by Crippen LogP contribution is 2.41. The van der Waals surface area contributed by atoms with Crippen LogP contribution >= 0.6 is 0 Å². The van der Waals surface area contributed by atoms with Crippen LogP contribution in [0.3, 0.4) is 0 Å². The average molecular weight is 287 g/mol. The predicted octanol–water partition coefficient (Wildman–Crippen LogP) is -0.706. The number of hydrogen-bond acceptors (Lipinski definition) is 7. The normalized spacial score (nSPS) is 29.1. The van der Waals surface area contributed by atoms with E-state index in [2.05, 4.69) is 15.0 Å². The molecule has 3 rings (SSSR count). The zero-order chi connectivity index (χ0) is 14.5. The molecular formula is C10H11F2N5O3. The largest absolute Gasteiger partial charge is 0.393 e. The van der Waals surface area contributed by atoms with Gasteiger partial charge in [-0.05, 0) is 0 Å². The lowest BCUT2D eigenvalue weighted by molar-refractivity contribution is -0.123. The van der Waals surface area contributed by atoms with E-state index in [-0.39, 0.29) is 17.0 Å². The van der Waals surface area contributed by atoms with Gasteiger partial charge < -0.3 is 20.7 Å². The number of fused-ring (bicyclic) bond motifs is 1. The Morgan fingerprint density at radius 3 is 2.80 bits per heavy atom. The summed E-state index contributed by atoms with van der Waals surface area (Å²) in [5.74, 6) is -3.49. The Morgan fingerprint density at radius 2 is 2.15 bits per heavy atom. The van der Waals surface area contributed by atoms with Crippen molar-refractivity contribution in [1.82, 2.24) is 19.5 Å². The summed E-state index contributed by atoms with van der Waals surface area (Å²) in [5.41, 5.74) is 5.98. The number of nitrogens with zero attached hydrogens (tertiary/aromatic N) is 4. The summed E-state index contributed by atoms with van der Waals surface area (Å²) in [4.78, 5) is 11.5. The number of ether oxygens (including phenoxy) is 1. The van der Waals surface area contributed by atoms with Gasteiger partial charge in [-0.2, -0.15) is 0 Å². The van der Waals surface area contributed by atoms with E-state index >= 15 is 0 Å². The predicted molar refractivity (Wildman–Crippen MR) is 61.7 cm³/mol. The number of aliphatic hydroxyl groups excluding tert-OH is 2. The van der Waals surface area contributed by atoms with Crippen molar-refractivity contribution in [2.75, 3.05) is 12.3 Å². The molecule has 1 saturated heterocycles.